The average Bonchev–Trinajstić information content (AvgIpc) is 2.78. The summed E-state index contributed by atoms with van der Waals surface area (Å²) in [7, 11) is 0. The van der Waals surface area contributed by atoms with Gasteiger partial charge in [0, 0.05) is 6.20 Å². The maximum Gasteiger partial charge on any atom is 0.322 e. The van der Waals surface area contributed by atoms with E-state index >= 15 is 0 Å². The summed E-state index contributed by atoms with van der Waals surface area (Å²) < 4.78 is 0.708. The van der Waals surface area contributed by atoms with Crippen molar-refractivity contribution in [2.45, 2.75) is 19.8 Å². The maximum atomic E-state index is 13.3. The predicted molar refractivity (Wildman–Crippen MR) is 122 cm³/mol. The van der Waals surface area contributed by atoms with E-state index in [1.807, 2.05) is 19.2 Å². The van der Waals surface area contributed by atoms with Gasteiger partial charge in [0.15, 0.2) is 5.75 Å². The number of amides is 2. The number of rotatable bonds is 7. The number of benzene rings is 1. The molecule has 0 radical (unpaired) electrons. The Morgan fingerprint density at radius 1 is 1.06 bits per heavy atom. The van der Waals surface area contributed by atoms with E-state index in [4.69, 9.17) is 5.11 Å². The Bertz CT molecular complexity index is 1320. The number of pyridine rings is 2. The number of aromatic nitrogens is 2. The second-order valence-electron chi connectivity index (χ2n) is 7.58. The fourth-order valence-corrected chi connectivity index (χ4v) is 3.20. The Morgan fingerprint density at radius 2 is 1.79 bits per heavy atom. The molecular formula is C23H22N4O7. The lowest BCUT2D eigenvalue weighted by Gasteiger charge is -2.17. The Morgan fingerprint density at radius 3 is 2.41 bits per heavy atom. The number of carbonyl (C=O) groups is 3. The minimum atomic E-state index is -1.38. The number of aliphatic carboxylic acids is 1. The highest BCUT2D eigenvalue weighted by atomic mass is 16.4. The van der Waals surface area contributed by atoms with E-state index in [2.05, 4.69) is 10.3 Å². The summed E-state index contributed by atoms with van der Waals surface area (Å²) in [5.74, 6) is -5.62. The van der Waals surface area contributed by atoms with Crippen LogP contribution in [0.4, 0.5) is 5.69 Å². The summed E-state index contributed by atoms with van der Waals surface area (Å²) in [6.07, 6.45) is 2.77. The maximum absolute atomic E-state index is 13.3. The van der Waals surface area contributed by atoms with Crippen LogP contribution in [0.2, 0.25) is 0 Å². The second-order valence-corrected chi connectivity index (χ2v) is 7.58. The highest BCUT2D eigenvalue weighted by Gasteiger charge is 2.30. The van der Waals surface area contributed by atoms with Gasteiger partial charge in [-0.1, -0.05) is 26.0 Å². The van der Waals surface area contributed by atoms with Crippen LogP contribution in [-0.4, -0.2) is 49.2 Å². The van der Waals surface area contributed by atoms with Gasteiger partial charge in [-0.05, 0) is 35.7 Å². The highest BCUT2D eigenvalue weighted by Crippen LogP contribution is 2.31. The molecule has 0 aliphatic rings. The zero-order chi connectivity index (χ0) is 25.0. The fraction of sp³-hybridized carbons (Fsp3) is 0.174. The molecule has 0 spiro atoms. The molecule has 2 aromatic heterocycles. The van der Waals surface area contributed by atoms with Crippen molar-refractivity contribution >= 4 is 23.5 Å². The number of carboxylic acids is 1. The summed E-state index contributed by atoms with van der Waals surface area (Å²) in [5.41, 5.74) is -1.59. The normalized spacial score (nSPS) is 10.7. The minimum Gasteiger partial charge on any atom is -0.506 e. The molecular weight excluding hydrogens is 444 g/mol. The lowest BCUT2D eigenvalue weighted by Crippen LogP contribution is -2.34. The van der Waals surface area contributed by atoms with Crippen LogP contribution in [0.1, 0.15) is 46.0 Å². The van der Waals surface area contributed by atoms with Crippen molar-refractivity contribution < 1.29 is 29.7 Å². The molecule has 11 nitrogen and oxygen atoms in total. The van der Waals surface area contributed by atoms with E-state index in [-0.39, 0.29) is 17.3 Å². The van der Waals surface area contributed by atoms with Crippen LogP contribution >= 0.6 is 0 Å². The fourth-order valence-electron chi connectivity index (χ4n) is 3.20. The van der Waals surface area contributed by atoms with Crippen LogP contribution in [0, 0.1) is 0 Å². The van der Waals surface area contributed by atoms with Gasteiger partial charge >= 0.3 is 5.97 Å². The van der Waals surface area contributed by atoms with E-state index in [1.165, 1.54) is 30.6 Å². The van der Waals surface area contributed by atoms with Crippen molar-refractivity contribution in [2.75, 3.05) is 11.9 Å². The van der Waals surface area contributed by atoms with Gasteiger partial charge in [-0.3, -0.25) is 24.2 Å². The van der Waals surface area contributed by atoms with Crippen molar-refractivity contribution in [3.05, 3.63) is 75.8 Å². The number of aromatic hydroxyl groups is 2. The molecule has 0 aliphatic heterocycles. The summed E-state index contributed by atoms with van der Waals surface area (Å²) in [4.78, 5) is 53.6. The number of hydrogen-bond acceptors (Lipinski definition) is 7. The minimum absolute atomic E-state index is 0.0570. The third kappa shape index (κ3) is 4.88. The van der Waals surface area contributed by atoms with Gasteiger partial charge in [0.25, 0.3) is 17.4 Å². The van der Waals surface area contributed by atoms with E-state index in [0.29, 0.717) is 4.57 Å². The van der Waals surface area contributed by atoms with E-state index in [1.54, 1.807) is 18.2 Å². The molecule has 0 aliphatic carbocycles. The SMILES string of the molecule is CC(C)c1cccc(-n2c(O)c(C(=O)NCC(=O)O)c(O)c(C(=O)Nc3cccnc3)c2=O)c1. The monoisotopic (exact) mass is 466 g/mol. The van der Waals surface area contributed by atoms with Crippen LogP contribution < -0.4 is 16.2 Å². The molecule has 34 heavy (non-hydrogen) atoms. The summed E-state index contributed by atoms with van der Waals surface area (Å²) in [5, 5.41) is 34.8. The molecule has 176 valence electrons. The number of anilines is 1. The van der Waals surface area contributed by atoms with Crippen molar-refractivity contribution in [2.24, 2.45) is 0 Å². The van der Waals surface area contributed by atoms with Gasteiger partial charge < -0.3 is 26.0 Å². The lowest BCUT2D eigenvalue weighted by molar-refractivity contribution is -0.135. The lowest BCUT2D eigenvalue weighted by atomic mass is 10.0. The molecule has 0 unspecified atom stereocenters. The summed E-state index contributed by atoms with van der Waals surface area (Å²) in [6.45, 7) is 3.00. The second kappa shape index (κ2) is 9.86. The molecule has 0 saturated carbocycles. The van der Waals surface area contributed by atoms with Gasteiger partial charge in [0.2, 0.25) is 5.88 Å². The topological polar surface area (TPSA) is 171 Å². The molecule has 0 saturated heterocycles. The standard InChI is InChI=1S/C23H22N4O7/c1-12(2)13-5-3-7-15(9-13)27-22(33)17(20(31)25-11-16(28)29)19(30)18(23(27)34)21(32)26-14-6-4-8-24-10-14/h3-10,12,30,33H,11H2,1-2H3,(H,25,31)(H,26,32)(H,28,29). The van der Waals surface area contributed by atoms with E-state index in [9.17, 15) is 29.4 Å². The molecule has 11 heteroatoms. The number of carboxylic acid groups (broad SMARTS) is 1. The quantitative estimate of drug-likeness (QED) is 0.351. The van der Waals surface area contributed by atoms with Gasteiger partial charge in [-0.15, -0.1) is 0 Å². The molecule has 1 aromatic carbocycles. The molecule has 2 amide bonds. The number of hydrogen-bond donors (Lipinski definition) is 5. The van der Waals surface area contributed by atoms with Crippen LogP contribution in [0.25, 0.3) is 5.69 Å². The highest BCUT2D eigenvalue weighted by molar-refractivity contribution is 6.10. The van der Waals surface area contributed by atoms with Gasteiger partial charge in [-0.2, -0.15) is 0 Å². The Kier molecular flexibility index (Phi) is 6.95. The molecule has 3 aromatic rings. The van der Waals surface area contributed by atoms with Crippen molar-refractivity contribution in [1.29, 1.82) is 0 Å². The summed E-state index contributed by atoms with van der Waals surface area (Å²) >= 11 is 0. The Labute approximate surface area is 193 Å². The molecule has 2 heterocycles. The van der Waals surface area contributed by atoms with Crippen LogP contribution in [0.3, 0.4) is 0 Å². The number of carbonyl (C=O) groups excluding carboxylic acids is 2. The third-order valence-electron chi connectivity index (χ3n) is 4.89. The van der Waals surface area contributed by atoms with Crippen LogP contribution in [0.5, 0.6) is 11.6 Å². The first-order valence-electron chi connectivity index (χ1n) is 10.1. The first kappa shape index (κ1) is 24.0. The van der Waals surface area contributed by atoms with Gasteiger partial charge in [0.1, 0.15) is 17.7 Å². The Balaban J connectivity index is 2.25. The van der Waals surface area contributed by atoms with Gasteiger partial charge in [-0.25, -0.2) is 4.57 Å². The average molecular weight is 466 g/mol. The third-order valence-corrected chi connectivity index (χ3v) is 4.89. The first-order valence-corrected chi connectivity index (χ1v) is 10.1. The molecule has 5 N–H and O–H groups in total. The molecule has 0 bridgehead atoms. The number of nitrogens with one attached hydrogen (secondary N) is 2. The van der Waals surface area contributed by atoms with Crippen molar-refractivity contribution in [1.82, 2.24) is 14.9 Å². The predicted octanol–water partition coefficient (Wildman–Crippen LogP) is 1.83. The van der Waals surface area contributed by atoms with Crippen molar-refractivity contribution in [3.63, 3.8) is 0 Å². The van der Waals surface area contributed by atoms with Crippen molar-refractivity contribution in [3.8, 4) is 17.3 Å². The molecule has 0 fully saturated rings. The van der Waals surface area contributed by atoms with E-state index in [0.717, 1.165) is 5.56 Å². The Hall–Kier alpha value is -4.67. The molecule has 3 rings (SSSR count). The molecule has 0 atom stereocenters. The first-order chi connectivity index (χ1) is 16.1. The largest absolute Gasteiger partial charge is 0.506 e. The number of nitrogens with zero attached hydrogens (tertiary/aromatic N) is 2. The smallest absolute Gasteiger partial charge is 0.322 e. The van der Waals surface area contributed by atoms with Gasteiger partial charge in [0.05, 0.1) is 17.6 Å². The zero-order valence-corrected chi connectivity index (χ0v) is 18.3. The zero-order valence-electron chi connectivity index (χ0n) is 18.3. The van der Waals surface area contributed by atoms with E-state index < -0.39 is 52.6 Å². The summed E-state index contributed by atoms with van der Waals surface area (Å²) in [6, 6.07) is 9.52. The van der Waals surface area contributed by atoms with Crippen LogP contribution in [0.15, 0.2) is 53.6 Å². The van der Waals surface area contributed by atoms with Crippen LogP contribution in [-0.2, 0) is 4.79 Å².